The number of hydrogen-bond donors (Lipinski definition) is 0. The second-order valence-corrected chi connectivity index (χ2v) is 2.74. The van der Waals surface area contributed by atoms with Crippen LogP contribution in [0.25, 0.3) is 0 Å². The predicted molar refractivity (Wildman–Crippen MR) is 45.1 cm³/mol. The summed E-state index contributed by atoms with van der Waals surface area (Å²) in [5, 5.41) is 0. The third-order valence-corrected chi connectivity index (χ3v) is 1.85. The summed E-state index contributed by atoms with van der Waals surface area (Å²) in [6.07, 6.45) is 0.795. The van der Waals surface area contributed by atoms with Gasteiger partial charge in [0.2, 0.25) is 0 Å². The van der Waals surface area contributed by atoms with Gasteiger partial charge >= 0.3 is 0 Å². The third-order valence-electron chi connectivity index (χ3n) is 1.85. The Labute approximate surface area is 68.5 Å². The Morgan fingerprint density at radius 1 is 1.64 bits per heavy atom. The number of halogens is 1. The van der Waals surface area contributed by atoms with Crippen molar-refractivity contribution in [3.05, 3.63) is 35.6 Å². The van der Waals surface area contributed by atoms with E-state index in [1.165, 1.54) is 6.07 Å². The van der Waals surface area contributed by atoms with Crippen molar-refractivity contribution in [1.29, 1.82) is 0 Å². The van der Waals surface area contributed by atoms with Crippen LogP contribution < -0.4 is 0 Å². The highest BCUT2D eigenvalue weighted by molar-refractivity contribution is 5.19. The van der Waals surface area contributed by atoms with E-state index in [9.17, 15) is 4.39 Å². The zero-order valence-corrected chi connectivity index (χ0v) is 6.68. The summed E-state index contributed by atoms with van der Waals surface area (Å²) in [6, 6.07) is 6.60. The van der Waals surface area contributed by atoms with E-state index in [1.54, 1.807) is 12.1 Å². The zero-order valence-electron chi connectivity index (χ0n) is 7.68. The van der Waals surface area contributed by atoms with Gasteiger partial charge in [0.25, 0.3) is 0 Å². The SMILES string of the molecule is [2H]CCC(C)c1cccc(F)c1. The largest absolute Gasteiger partial charge is 0.207 e. The van der Waals surface area contributed by atoms with Crippen LogP contribution in [-0.4, -0.2) is 0 Å². The van der Waals surface area contributed by atoms with Crippen molar-refractivity contribution in [2.24, 2.45) is 0 Å². The average Bonchev–Trinajstić information content (AvgIpc) is 2.05. The summed E-state index contributed by atoms with van der Waals surface area (Å²) in [6.45, 7) is 2.42. The van der Waals surface area contributed by atoms with Crippen molar-refractivity contribution < 1.29 is 5.76 Å². The van der Waals surface area contributed by atoms with Crippen molar-refractivity contribution in [1.82, 2.24) is 0 Å². The van der Waals surface area contributed by atoms with E-state index < -0.39 is 0 Å². The van der Waals surface area contributed by atoms with Gasteiger partial charge in [0.15, 0.2) is 0 Å². The van der Waals surface area contributed by atoms with Gasteiger partial charge in [-0.2, -0.15) is 0 Å². The molecule has 0 aromatic heterocycles. The Bertz CT molecular complexity index is 247. The third kappa shape index (κ3) is 2.04. The van der Waals surface area contributed by atoms with E-state index in [4.69, 9.17) is 1.37 Å². The molecule has 1 atom stereocenters. The maximum atomic E-state index is 12.7. The topological polar surface area (TPSA) is 0 Å². The van der Waals surface area contributed by atoms with Gasteiger partial charge < -0.3 is 0 Å². The summed E-state index contributed by atoms with van der Waals surface area (Å²) >= 11 is 0. The lowest BCUT2D eigenvalue weighted by Gasteiger charge is -2.07. The van der Waals surface area contributed by atoms with Crippen molar-refractivity contribution in [2.45, 2.75) is 26.2 Å². The normalized spacial score (nSPS) is 14.2. The number of hydrogen-bond acceptors (Lipinski definition) is 0. The molecule has 1 aromatic carbocycles. The molecular formula is C10H13F. The minimum atomic E-state index is -0.190. The molecule has 11 heavy (non-hydrogen) atoms. The minimum Gasteiger partial charge on any atom is -0.207 e. The van der Waals surface area contributed by atoms with E-state index in [-0.39, 0.29) is 11.7 Å². The van der Waals surface area contributed by atoms with Crippen molar-refractivity contribution in [3.8, 4) is 0 Å². The highest BCUT2D eigenvalue weighted by Gasteiger charge is 2.02. The van der Waals surface area contributed by atoms with Crippen LogP contribution in [0.5, 0.6) is 0 Å². The zero-order chi connectivity index (χ0) is 8.97. The molecule has 0 spiro atoms. The first kappa shape index (κ1) is 6.84. The summed E-state index contributed by atoms with van der Waals surface area (Å²) in [5.41, 5.74) is 0.988. The first-order chi connectivity index (χ1) is 5.74. The Kier molecular flexibility index (Phi) is 2.18. The van der Waals surface area contributed by atoms with Crippen molar-refractivity contribution >= 4 is 0 Å². The van der Waals surface area contributed by atoms with Crippen molar-refractivity contribution in [2.75, 3.05) is 0 Å². The molecule has 0 nitrogen and oxygen atoms in total. The van der Waals surface area contributed by atoms with Crippen LogP contribution in [0.4, 0.5) is 4.39 Å². The minimum absolute atomic E-state index is 0.190. The lowest BCUT2D eigenvalue weighted by Crippen LogP contribution is -1.90. The van der Waals surface area contributed by atoms with Crippen LogP contribution >= 0.6 is 0 Å². The first-order valence-corrected chi connectivity index (χ1v) is 3.78. The van der Waals surface area contributed by atoms with Gasteiger partial charge in [-0.1, -0.05) is 26.0 Å². The Hall–Kier alpha value is -0.850. The van der Waals surface area contributed by atoms with Gasteiger partial charge in [0.1, 0.15) is 5.82 Å². The van der Waals surface area contributed by atoms with Crippen LogP contribution in [0, 0.1) is 5.82 Å². The molecule has 0 fully saturated rings. The van der Waals surface area contributed by atoms with Crippen LogP contribution in [0.3, 0.4) is 0 Å². The molecule has 0 bridgehead atoms. The van der Waals surface area contributed by atoms with E-state index >= 15 is 0 Å². The first-order valence-electron chi connectivity index (χ1n) is 4.49. The molecule has 60 valence electrons. The second kappa shape index (κ2) is 3.51. The van der Waals surface area contributed by atoms with E-state index in [0.717, 1.165) is 12.0 Å². The fourth-order valence-corrected chi connectivity index (χ4v) is 0.980. The maximum absolute atomic E-state index is 12.7. The molecule has 1 unspecified atom stereocenters. The summed E-state index contributed by atoms with van der Waals surface area (Å²) in [4.78, 5) is 0. The Balaban J connectivity index is 2.73. The van der Waals surface area contributed by atoms with E-state index in [2.05, 4.69) is 0 Å². The Morgan fingerprint density at radius 2 is 2.45 bits per heavy atom. The molecule has 0 aliphatic carbocycles. The standard InChI is InChI=1S/C10H13F/c1-3-8(2)9-5-4-6-10(11)7-9/h4-8H,3H2,1-2H3/i1D. The summed E-state index contributed by atoms with van der Waals surface area (Å²) in [7, 11) is 0. The van der Waals surface area contributed by atoms with Gasteiger partial charge in [0, 0.05) is 1.37 Å². The van der Waals surface area contributed by atoms with E-state index in [1.807, 2.05) is 13.0 Å². The molecule has 0 saturated carbocycles. The van der Waals surface area contributed by atoms with E-state index in [0.29, 0.717) is 6.90 Å². The smallest absolute Gasteiger partial charge is 0.123 e. The van der Waals surface area contributed by atoms with Gasteiger partial charge in [-0.3, -0.25) is 0 Å². The molecule has 0 heterocycles. The average molecular weight is 153 g/mol. The van der Waals surface area contributed by atoms with Crippen LogP contribution in [0.15, 0.2) is 24.3 Å². The van der Waals surface area contributed by atoms with Gasteiger partial charge in [-0.25, -0.2) is 4.39 Å². The van der Waals surface area contributed by atoms with Crippen molar-refractivity contribution in [3.63, 3.8) is 0 Å². The van der Waals surface area contributed by atoms with Crippen LogP contribution in [0.2, 0.25) is 0 Å². The molecule has 0 aliphatic heterocycles. The molecule has 1 aromatic rings. The summed E-state index contributed by atoms with van der Waals surface area (Å²) < 4.78 is 19.8. The van der Waals surface area contributed by atoms with Crippen LogP contribution in [0.1, 0.15) is 33.1 Å². The molecule has 0 aliphatic rings. The molecule has 1 rings (SSSR count). The Morgan fingerprint density at radius 3 is 3.09 bits per heavy atom. The number of rotatable bonds is 2. The molecule has 0 amide bonds. The quantitative estimate of drug-likeness (QED) is 0.611. The molecule has 1 heteroatoms. The maximum Gasteiger partial charge on any atom is 0.123 e. The monoisotopic (exact) mass is 153 g/mol. The lowest BCUT2D eigenvalue weighted by molar-refractivity contribution is 0.619. The fraction of sp³-hybridized carbons (Fsp3) is 0.400. The molecule has 0 radical (unpaired) electrons. The fourth-order valence-electron chi connectivity index (χ4n) is 0.980. The second-order valence-electron chi connectivity index (χ2n) is 2.74. The summed E-state index contributed by atoms with van der Waals surface area (Å²) in [5.74, 6) is 0.0996. The van der Waals surface area contributed by atoms with Gasteiger partial charge in [-0.15, -0.1) is 0 Å². The van der Waals surface area contributed by atoms with Crippen LogP contribution in [-0.2, 0) is 0 Å². The highest BCUT2D eigenvalue weighted by Crippen LogP contribution is 2.18. The van der Waals surface area contributed by atoms with Gasteiger partial charge in [-0.05, 0) is 30.0 Å². The molecular weight excluding hydrogens is 139 g/mol. The predicted octanol–water partition coefficient (Wildman–Crippen LogP) is 3.34. The molecule has 0 N–H and O–H groups in total. The highest BCUT2D eigenvalue weighted by atomic mass is 19.1. The van der Waals surface area contributed by atoms with Gasteiger partial charge in [0.05, 0.1) is 0 Å². The lowest BCUT2D eigenvalue weighted by atomic mass is 9.99. The number of benzene rings is 1. The molecule has 0 saturated heterocycles.